The number of halogens is 4. The van der Waals surface area contributed by atoms with E-state index in [9.17, 15) is 27.9 Å². The van der Waals surface area contributed by atoms with Gasteiger partial charge in [0.15, 0.2) is 12.2 Å². The minimum absolute atomic E-state index is 0. The van der Waals surface area contributed by atoms with Crippen LogP contribution < -0.4 is 16.0 Å². The van der Waals surface area contributed by atoms with E-state index in [1.165, 1.54) is 24.3 Å². The molecule has 172 valence electrons. The lowest BCUT2D eigenvalue weighted by Crippen LogP contribution is -2.55. The van der Waals surface area contributed by atoms with Gasteiger partial charge < -0.3 is 20.9 Å². The van der Waals surface area contributed by atoms with Crippen LogP contribution >= 0.6 is 12.4 Å². The number of amides is 2. The first-order valence-electron chi connectivity index (χ1n) is 8.97. The van der Waals surface area contributed by atoms with E-state index in [-0.39, 0.29) is 37.2 Å². The van der Waals surface area contributed by atoms with Crippen molar-refractivity contribution in [3.05, 3.63) is 53.7 Å². The van der Waals surface area contributed by atoms with E-state index in [4.69, 9.17) is 15.9 Å². The molecule has 5 N–H and O–H groups in total. The summed E-state index contributed by atoms with van der Waals surface area (Å²) in [7, 11) is 0. The Morgan fingerprint density at radius 3 is 2.47 bits per heavy atom. The van der Waals surface area contributed by atoms with E-state index in [0.29, 0.717) is 17.4 Å². The topological polar surface area (TPSA) is 142 Å². The van der Waals surface area contributed by atoms with Gasteiger partial charge in [0.2, 0.25) is 0 Å². The van der Waals surface area contributed by atoms with Crippen molar-refractivity contribution in [2.45, 2.75) is 18.4 Å². The van der Waals surface area contributed by atoms with Crippen molar-refractivity contribution in [1.29, 1.82) is 5.41 Å². The first-order valence-corrected chi connectivity index (χ1v) is 8.97. The number of hydrogen-bond acceptors (Lipinski definition) is 6. The summed E-state index contributed by atoms with van der Waals surface area (Å²) in [5.41, 5.74) is 5.11. The first kappa shape index (κ1) is 25.0. The van der Waals surface area contributed by atoms with Crippen LogP contribution in [0.5, 0.6) is 0 Å². The van der Waals surface area contributed by atoms with Crippen LogP contribution in [0.25, 0.3) is 0 Å². The Hall–Kier alpha value is -3.22. The van der Waals surface area contributed by atoms with Gasteiger partial charge in [0.25, 0.3) is 11.8 Å². The Bertz CT molecular complexity index is 986. The normalized spacial score (nSPS) is 17.3. The van der Waals surface area contributed by atoms with Gasteiger partial charge in [-0.3, -0.25) is 19.9 Å². The van der Waals surface area contributed by atoms with Crippen LogP contribution in [0.1, 0.15) is 11.1 Å². The van der Waals surface area contributed by atoms with Crippen LogP contribution in [-0.2, 0) is 20.5 Å². The minimum Gasteiger partial charge on any atom is -0.384 e. The monoisotopic (exact) mass is 473 g/mol. The second-order valence-electron chi connectivity index (χ2n) is 6.61. The van der Waals surface area contributed by atoms with E-state index >= 15 is 0 Å². The molecular weight excluding hydrogens is 455 g/mol. The van der Waals surface area contributed by atoms with Crippen LogP contribution in [-0.4, -0.2) is 53.1 Å². The maximum Gasteiger partial charge on any atom is 0.417 e. The fourth-order valence-corrected chi connectivity index (χ4v) is 2.86. The number of rotatable bonds is 5. The highest BCUT2D eigenvalue weighted by Gasteiger charge is 2.40. The number of pyridine rings is 1. The minimum atomic E-state index is -4.57. The van der Waals surface area contributed by atoms with Crippen LogP contribution in [0.15, 0.2) is 42.6 Å². The molecule has 0 spiro atoms. The maximum absolute atomic E-state index is 12.7. The molecule has 2 heterocycles. The molecule has 9 nitrogen and oxygen atoms in total. The number of carbonyl (C=O) groups excluding carboxylic acids is 2. The molecule has 2 amide bonds. The van der Waals surface area contributed by atoms with Gasteiger partial charge in [0, 0.05) is 17.4 Å². The molecule has 0 bridgehead atoms. The van der Waals surface area contributed by atoms with Crippen molar-refractivity contribution in [2.24, 2.45) is 5.73 Å². The number of benzene rings is 1. The Kier molecular flexibility index (Phi) is 7.78. The molecule has 1 aliphatic heterocycles. The molecule has 0 radical (unpaired) electrons. The number of anilines is 2. The van der Waals surface area contributed by atoms with Crippen molar-refractivity contribution in [3.63, 3.8) is 0 Å². The fourth-order valence-electron chi connectivity index (χ4n) is 2.86. The lowest BCUT2D eigenvalue weighted by atomic mass is 10.1. The summed E-state index contributed by atoms with van der Waals surface area (Å²) in [4.78, 5) is 29.8. The van der Waals surface area contributed by atoms with Crippen molar-refractivity contribution in [1.82, 2.24) is 4.98 Å². The summed E-state index contributed by atoms with van der Waals surface area (Å²) in [5.74, 6) is -1.95. The van der Waals surface area contributed by atoms with Gasteiger partial charge in [0.05, 0.1) is 18.7 Å². The van der Waals surface area contributed by atoms with Gasteiger partial charge in [-0.25, -0.2) is 4.98 Å². The van der Waals surface area contributed by atoms with Crippen molar-refractivity contribution < 1.29 is 32.6 Å². The highest BCUT2D eigenvalue weighted by atomic mass is 35.5. The van der Waals surface area contributed by atoms with Gasteiger partial charge in [-0.2, -0.15) is 13.2 Å². The van der Waals surface area contributed by atoms with Gasteiger partial charge in [-0.1, -0.05) is 0 Å². The van der Waals surface area contributed by atoms with Crippen LogP contribution in [0.3, 0.4) is 0 Å². The summed E-state index contributed by atoms with van der Waals surface area (Å²) in [6.07, 6.45) is -7.41. The predicted octanol–water partition coefficient (Wildman–Crippen LogP) is 1.54. The summed E-state index contributed by atoms with van der Waals surface area (Å²) in [6.45, 7) is -0.0642. The molecule has 1 aliphatic rings. The number of aromatic nitrogens is 1. The Morgan fingerprint density at radius 1 is 1.28 bits per heavy atom. The third-order valence-electron chi connectivity index (χ3n) is 4.49. The molecule has 2 atom stereocenters. The van der Waals surface area contributed by atoms with Gasteiger partial charge in [-0.15, -0.1) is 12.4 Å². The summed E-state index contributed by atoms with van der Waals surface area (Å²) in [6, 6.07) is 7.72. The molecule has 1 saturated heterocycles. The number of ether oxygens (including phenoxy) is 1. The first-order chi connectivity index (χ1) is 14.6. The molecule has 32 heavy (non-hydrogen) atoms. The molecule has 1 aromatic carbocycles. The number of aliphatic hydroxyl groups excluding tert-OH is 1. The molecule has 13 heteroatoms. The number of amidine groups is 1. The second-order valence-corrected chi connectivity index (χ2v) is 6.61. The lowest BCUT2D eigenvalue weighted by molar-refractivity contribution is -0.150. The third kappa shape index (κ3) is 5.52. The van der Waals surface area contributed by atoms with Gasteiger partial charge in [0.1, 0.15) is 11.7 Å². The van der Waals surface area contributed by atoms with E-state index in [0.717, 1.165) is 17.0 Å². The van der Waals surface area contributed by atoms with Crippen LogP contribution in [0, 0.1) is 5.41 Å². The summed E-state index contributed by atoms with van der Waals surface area (Å²) in [5, 5.41) is 20.1. The molecule has 3 rings (SSSR count). The SMILES string of the molecule is Cl.N=C(N)c1ccc(NC(=O)[C@H](O)[C@H]2OCCN(c3ccc(C(F)(F)F)cn3)C2=O)cc1. The standard InChI is InChI=1S/C19H18F3N5O4.ClH/c20-19(21,22)11-3-6-13(25-9-11)27-7-8-31-15(18(27)30)14(28)17(29)26-12-4-1-10(2-5-12)16(23)24;/h1-6,9,14-15,28H,7-8H2,(H3,23,24)(H,26,29);1H/t14-,15-;/m1./s1. The molecule has 2 aromatic rings. The van der Waals surface area contributed by atoms with E-state index in [1.807, 2.05) is 0 Å². The van der Waals surface area contributed by atoms with Crippen molar-refractivity contribution >= 4 is 41.6 Å². The number of morpholine rings is 1. The molecule has 1 fully saturated rings. The average molecular weight is 474 g/mol. The largest absolute Gasteiger partial charge is 0.417 e. The number of alkyl halides is 3. The third-order valence-corrected chi connectivity index (χ3v) is 4.49. The molecule has 0 aliphatic carbocycles. The van der Waals surface area contributed by atoms with E-state index < -0.39 is 35.8 Å². The molecule has 0 unspecified atom stereocenters. The number of nitrogens with two attached hydrogens (primary N) is 1. The van der Waals surface area contributed by atoms with Crippen molar-refractivity contribution in [2.75, 3.05) is 23.4 Å². The fraction of sp³-hybridized carbons (Fsp3) is 0.263. The zero-order valence-corrected chi connectivity index (χ0v) is 17.1. The molecular formula is C19H19ClF3N5O4. The van der Waals surface area contributed by atoms with Gasteiger partial charge >= 0.3 is 6.18 Å². The Balaban J connectivity index is 0.00000363. The van der Waals surface area contributed by atoms with E-state index in [2.05, 4.69) is 10.3 Å². The maximum atomic E-state index is 12.7. The quantitative estimate of drug-likeness (QED) is 0.383. The number of nitrogen functional groups attached to an aromatic ring is 1. The highest BCUT2D eigenvalue weighted by molar-refractivity contribution is 6.03. The Labute approximate surface area is 186 Å². The van der Waals surface area contributed by atoms with E-state index in [1.54, 1.807) is 0 Å². The summed E-state index contributed by atoms with van der Waals surface area (Å²) >= 11 is 0. The zero-order chi connectivity index (χ0) is 22.8. The van der Waals surface area contributed by atoms with Crippen LogP contribution in [0.2, 0.25) is 0 Å². The number of nitrogens with zero attached hydrogens (tertiary/aromatic N) is 2. The number of nitrogens with one attached hydrogen (secondary N) is 2. The second kappa shape index (κ2) is 9.94. The molecule has 0 saturated carbocycles. The summed E-state index contributed by atoms with van der Waals surface area (Å²) < 4.78 is 43.3. The Morgan fingerprint density at radius 2 is 1.94 bits per heavy atom. The highest BCUT2D eigenvalue weighted by Crippen LogP contribution is 2.30. The average Bonchev–Trinajstić information content (AvgIpc) is 2.73. The predicted molar refractivity (Wildman–Crippen MR) is 111 cm³/mol. The number of aliphatic hydroxyl groups is 1. The van der Waals surface area contributed by atoms with Crippen LogP contribution in [0.4, 0.5) is 24.7 Å². The number of carbonyl (C=O) groups is 2. The smallest absolute Gasteiger partial charge is 0.384 e. The molecule has 1 aromatic heterocycles. The number of hydrogen-bond donors (Lipinski definition) is 4. The van der Waals surface area contributed by atoms with Gasteiger partial charge in [-0.05, 0) is 36.4 Å². The van der Waals surface area contributed by atoms with Crippen molar-refractivity contribution in [3.8, 4) is 0 Å². The zero-order valence-electron chi connectivity index (χ0n) is 16.3. The lowest BCUT2D eigenvalue weighted by Gasteiger charge is -2.33.